The van der Waals surface area contributed by atoms with Gasteiger partial charge in [0.2, 0.25) is 0 Å². The maximum atomic E-state index is 4.26. The van der Waals surface area contributed by atoms with Gasteiger partial charge in [-0.15, -0.1) is 11.3 Å². The first-order valence-electron chi connectivity index (χ1n) is 3.89. The molecule has 0 amide bonds. The summed E-state index contributed by atoms with van der Waals surface area (Å²) in [5.74, 6) is 0.846. The van der Waals surface area contributed by atoms with Gasteiger partial charge >= 0.3 is 0 Å². The molecule has 62 valence electrons. The van der Waals surface area contributed by atoms with Crippen LogP contribution in [-0.4, -0.2) is 0 Å². The van der Waals surface area contributed by atoms with Crippen LogP contribution in [-0.2, 0) is 5.75 Å². The van der Waals surface area contributed by atoms with Crippen molar-refractivity contribution >= 4 is 34.1 Å². The minimum atomic E-state index is 0.846. The van der Waals surface area contributed by atoms with Crippen LogP contribution in [0.4, 0.5) is 0 Å². The van der Waals surface area contributed by atoms with E-state index < -0.39 is 0 Å². The number of benzene rings is 1. The molecule has 2 aromatic rings. The van der Waals surface area contributed by atoms with Crippen LogP contribution in [0.1, 0.15) is 10.4 Å². The van der Waals surface area contributed by atoms with Gasteiger partial charge in [0.1, 0.15) is 0 Å². The Labute approximate surface area is 81.6 Å². The molecule has 0 spiro atoms. The lowest BCUT2D eigenvalue weighted by molar-refractivity contribution is 1.51. The first kappa shape index (κ1) is 8.14. The molecule has 0 radical (unpaired) electrons. The smallest absolute Gasteiger partial charge is 0.0348 e. The summed E-state index contributed by atoms with van der Waals surface area (Å²) in [4.78, 5) is 1.35. The average Bonchev–Trinajstić information content (AvgIpc) is 2.46. The van der Waals surface area contributed by atoms with Gasteiger partial charge in [-0.05, 0) is 30.0 Å². The SMILES string of the molecule is Cc1ccc2cc(CS)sc2c1. The summed E-state index contributed by atoms with van der Waals surface area (Å²) in [6.07, 6.45) is 0. The van der Waals surface area contributed by atoms with Crippen molar-refractivity contribution in [2.75, 3.05) is 0 Å². The summed E-state index contributed by atoms with van der Waals surface area (Å²) in [6.45, 7) is 2.12. The maximum absolute atomic E-state index is 4.26. The first-order valence-corrected chi connectivity index (χ1v) is 5.34. The van der Waals surface area contributed by atoms with Gasteiger partial charge < -0.3 is 0 Å². The summed E-state index contributed by atoms with van der Waals surface area (Å²) < 4.78 is 1.37. The van der Waals surface area contributed by atoms with Gasteiger partial charge in [0, 0.05) is 15.3 Å². The molecule has 0 unspecified atom stereocenters. The van der Waals surface area contributed by atoms with Crippen LogP contribution in [0.25, 0.3) is 10.1 Å². The van der Waals surface area contributed by atoms with E-state index in [9.17, 15) is 0 Å². The number of fused-ring (bicyclic) bond motifs is 1. The minimum absolute atomic E-state index is 0.846. The van der Waals surface area contributed by atoms with Crippen molar-refractivity contribution in [2.24, 2.45) is 0 Å². The molecule has 1 heterocycles. The first-order chi connectivity index (χ1) is 5.79. The Morgan fingerprint density at radius 2 is 2.17 bits per heavy atom. The second-order valence-corrected chi connectivity index (χ2v) is 4.40. The van der Waals surface area contributed by atoms with Gasteiger partial charge in [-0.3, -0.25) is 0 Å². The van der Waals surface area contributed by atoms with Crippen LogP contribution < -0.4 is 0 Å². The van der Waals surface area contributed by atoms with Crippen molar-refractivity contribution in [3.05, 3.63) is 34.7 Å². The van der Waals surface area contributed by atoms with Crippen molar-refractivity contribution in [1.82, 2.24) is 0 Å². The number of thiophene rings is 1. The molecule has 1 aromatic heterocycles. The van der Waals surface area contributed by atoms with E-state index in [4.69, 9.17) is 0 Å². The number of rotatable bonds is 1. The Balaban J connectivity index is 2.67. The quantitative estimate of drug-likeness (QED) is 0.658. The van der Waals surface area contributed by atoms with Crippen LogP contribution >= 0.6 is 24.0 Å². The molecule has 2 rings (SSSR count). The van der Waals surface area contributed by atoms with E-state index in [0.717, 1.165) is 5.75 Å². The topological polar surface area (TPSA) is 0 Å². The van der Waals surface area contributed by atoms with E-state index in [2.05, 4.69) is 43.8 Å². The largest absolute Gasteiger partial charge is 0.174 e. The zero-order valence-corrected chi connectivity index (χ0v) is 8.58. The molecular weight excluding hydrogens is 184 g/mol. The third-order valence-electron chi connectivity index (χ3n) is 1.88. The lowest BCUT2D eigenvalue weighted by Gasteiger charge is -1.89. The Morgan fingerprint density at radius 3 is 2.92 bits per heavy atom. The molecule has 0 saturated carbocycles. The summed E-state index contributed by atoms with van der Waals surface area (Å²) in [5.41, 5.74) is 1.33. The van der Waals surface area contributed by atoms with E-state index in [1.165, 1.54) is 20.5 Å². The molecule has 0 saturated heterocycles. The lowest BCUT2D eigenvalue weighted by Crippen LogP contribution is -1.67. The minimum Gasteiger partial charge on any atom is -0.174 e. The zero-order chi connectivity index (χ0) is 8.55. The third kappa shape index (κ3) is 1.37. The van der Waals surface area contributed by atoms with Crippen molar-refractivity contribution in [1.29, 1.82) is 0 Å². The highest BCUT2D eigenvalue weighted by Gasteiger charge is 1.99. The van der Waals surface area contributed by atoms with Gasteiger partial charge in [-0.1, -0.05) is 12.1 Å². The van der Waals surface area contributed by atoms with Gasteiger partial charge in [0.25, 0.3) is 0 Å². The summed E-state index contributed by atoms with van der Waals surface area (Å²) in [6, 6.07) is 8.77. The average molecular weight is 194 g/mol. The predicted octanol–water partition coefficient (Wildman–Crippen LogP) is 3.64. The van der Waals surface area contributed by atoms with E-state index in [1.807, 2.05) is 11.3 Å². The van der Waals surface area contributed by atoms with E-state index in [0.29, 0.717) is 0 Å². The third-order valence-corrected chi connectivity index (χ3v) is 3.53. The standard InChI is InChI=1S/C10H10S2/c1-7-2-3-8-5-9(6-11)12-10(8)4-7/h2-5,11H,6H2,1H3. The maximum Gasteiger partial charge on any atom is 0.0348 e. The normalized spacial score (nSPS) is 10.8. The fourth-order valence-corrected chi connectivity index (χ4v) is 2.58. The van der Waals surface area contributed by atoms with Crippen molar-refractivity contribution in [3.8, 4) is 0 Å². The molecule has 0 aliphatic rings. The van der Waals surface area contributed by atoms with Crippen LogP contribution in [0.3, 0.4) is 0 Å². The van der Waals surface area contributed by atoms with Crippen molar-refractivity contribution < 1.29 is 0 Å². The van der Waals surface area contributed by atoms with Crippen LogP contribution in [0.2, 0.25) is 0 Å². The molecule has 0 nitrogen and oxygen atoms in total. The lowest BCUT2D eigenvalue weighted by atomic mass is 10.2. The Bertz CT molecular complexity index is 401. The van der Waals surface area contributed by atoms with Gasteiger partial charge in [-0.2, -0.15) is 12.6 Å². The molecular formula is C10H10S2. The molecule has 0 aliphatic carbocycles. The molecule has 1 aromatic carbocycles. The van der Waals surface area contributed by atoms with Crippen LogP contribution in [0.15, 0.2) is 24.3 Å². The molecule has 0 fully saturated rings. The Morgan fingerprint density at radius 1 is 1.33 bits per heavy atom. The number of hydrogen-bond acceptors (Lipinski definition) is 2. The highest BCUT2D eigenvalue weighted by molar-refractivity contribution is 7.79. The highest BCUT2D eigenvalue weighted by Crippen LogP contribution is 2.27. The molecule has 0 aliphatic heterocycles. The van der Waals surface area contributed by atoms with Crippen molar-refractivity contribution in [3.63, 3.8) is 0 Å². The molecule has 0 bridgehead atoms. The monoisotopic (exact) mass is 194 g/mol. The van der Waals surface area contributed by atoms with Crippen LogP contribution in [0.5, 0.6) is 0 Å². The fraction of sp³-hybridized carbons (Fsp3) is 0.200. The zero-order valence-electron chi connectivity index (χ0n) is 6.87. The number of aryl methyl sites for hydroxylation is 1. The predicted molar refractivity (Wildman–Crippen MR) is 59.3 cm³/mol. The highest BCUT2D eigenvalue weighted by atomic mass is 32.1. The van der Waals surface area contributed by atoms with Crippen molar-refractivity contribution in [2.45, 2.75) is 12.7 Å². The molecule has 0 N–H and O–H groups in total. The Kier molecular flexibility index (Phi) is 2.11. The summed E-state index contributed by atoms with van der Waals surface area (Å²) >= 11 is 6.09. The Hall–Kier alpha value is -0.470. The summed E-state index contributed by atoms with van der Waals surface area (Å²) in [7, 11) is 0. The number of hydrogen-bond donors (Lipinski definition) is 1. The van der Waals surface area contributed by atoms with Gasteiger partial charge in [-0.25, -0.2) is 0 Å². The second-order valence-electron chi connectivity index (χ2n) is 2.91. The van der Waals surface area contributed by atoms with E-state index in [1.54, 1.807) is 0 Å². The second kappa shape index (κ2) is 3.11. The molecule has 2 heteroatoms. The van der Waals surface area contributed by atoms with Crippen LogP contribution in [0, 0.1) is 6.92 Å². The van der Waals surface area contributed by atoms with E-state index in [-0.39, 0.29) is 0 Å². The van der Waals surface area contributed by atoms with Gasteiger partial charge in [0.05, 0.1) is 0 Å². The molecule has 0 atom stereocenters. The molecule has 12 heavy (non-hydrogen) atoms. The number of thiol groups is 1. The summed E-state index contributed by atoms with van der Waals surface area (Å²) in [5, 5.41) is 1.34. The fourth-order valence-electron chi connectivity index (χ4n) is 1.27. The van der Waals surface area contributed by atoms with Gasteiger partial charge in [0.15, 0.2) is 0 Å². The van der Waals surface area contributed by atoms with E-state index >= 15 is 0 Å².